The summed E-state index contributed by atoms with van der Waals surface area (Å²) < 4.78 is 0. The van der Waals surface area contributed by atoms with Crippen molar-refractivity contribution in [3.05, 3.63) is 59.2 Å². The van der Waals surface area contributed by atoms with Crippen LogP contribution in [0.2, 0.25) is 0 Å². The lowest BCUT2D eigenvalue weighted by Crippen LogP contribution is -2.29. The van der Waals surface area contributed by atoms with Crippen molar-refractivity contribution in [3.63, 3.8) is 0 Å². The van der Waals surface area contributed by atoms with Gasteiger partial charge in [-0.15, -0.1) is 0 Å². The van der Waals surface area contributed by atoms with E-state index in [9.17, 15) is 19.5 Å². The van der Waals surface area contributed by atoms with Crippen LogP contribution in [0.4, 0.5) is 5.69 Å². The molecule has 2 amide bonds. The second-order valence-electron chi connectivity index (χ2n) is 4.50. The molecule has 0 saturated heterocycles. The van der Waals surface area contributed by atoms with Gasteiger partial charge in [-0.3, -0.25) is 9.59 Å². The van der Waals surface area contributed by atoms with Crippen molar-refractivity contribution in [2.24, 2.45) is 0 Å². The van der Waals surface area contributed by atoms with E-state index in [0.717, 1.165) is 17.0 Å². The summed E-state index contributed by atoms with van der Waals surface area (Å²) in [6.07, 6.45) is 0. The Morgan fingerprint density at radius 2 is 1.52 bits per heavy atom. The van der Waals surface area contributed by atoms with Crippen molar-refractivity contribution in [2.45, 2.75) is 0 Å². The maximum Gasteiger partial charge on any atom is 0.335 e. The van der Waals surface area contributed by atoms with E-state index in [1.807, 2.05) is 0 Å². The zero-order chi connectivity index (χ0) is 15.1. The smallest absolute Gasteiger partial charge is 0.335 e. The van der Waals surface area contributed by atoms with Gasteiger partial charge in [-0.25, -0.2) is 9.69 Å². The lowest BCUT2D eigenvalue weighted by molar-refractivity contribution is 0.0695. The van der Waals surface area contributed by atoms with Crippen LogP contribution in [-0.4, -0.2) is 28.0 Å². The fourth-order valence-corrected chi connectivity index (χ4v) is 2.24. The molecule has 0 aromatic heterocycles. The van der Waals surface area contributed by atoms with Crippen LogP contribution in [0.5, 0.6) is 5.75 Å². The fraction of sp³-hybridized carbons (Fsp3) is 0. The molecule has 2 aromatic rings. The fourth-order valence-electron chi connectivity index (χ4n) is 2.24. The number of imide groups is 1. The Morgan fingerprint density at radius 1 is 0.952 bits per heavy atom. The molecule has 6 nitrogen and oxygen atoms in total. The molecule has 1 aliphatic rings. The highest BCUT2D eigenvalue weighted by molar-refractivity contribution is 6.34. The highest BCUT2D eigenvalue weighted by Gasteiger charge is 2.37. The number of hydrogen-bond acceptors (Lipinski definition) is 4. The predicted octanol–water partition coefficient (Wildman–Crippen LogP) is 1.89. The largest absolute Gasteiger partial charge is 0.506 e. The molecule has 0 fully saturated rings. The molecule has 0 bridgehead atoms. The molecule has 1 aliphatic heterocycles. The molecular weight excluding hydrogens is 274 g/mol. The molecule has 0 aliphatic carbocycles. The second kappa shape index (κ2) is 4.45. The topological polar surface area (TPSA) is 94.9 Å². The Hall–Kier alpha value is -3.15. The van der Waals surface area contributed by atoms with Gasteiger partial charge in [0.25, 0.3) is 11.8 Å². The van der Waals surface area contributed by atoms with Crippen LogP contribution in [0.25, 0.3) is 0 Å². The number of hydrogen-bond donors (Lipinski definition) is 2. The molecule has 104 valence electrons. The molecule has 3 rings (SSSR count). The average molecular weight is 283 g/mol. The summed E-state index contributed by atoms with van der Waals surface area (Å²) in [5, 5.41) is 18.8. The first-order chi connectivity index (χ1) is 10.0. The van der Waals surface area contributed by atoms with Gasteiger partial charge in [0.15, 0.2) is 0 Å². The number of rotatable bonds is 2. The number of aromatic carboxylic acids is 1. The van der Waals surface area contributed by atoms with Gasteiger partial charge in [-0.1, -0.05) is 12.1 Å². The number of fused-ring (bicyclic) bond motifs is 1. The van der Waals surface area contributed by atoms with E-state index in [-0.39, 0.29) is 28.1 Å². The zero-order valence-corrected chi connectivity index (χ0v) is 10.6. The first kappa shape index (κ1) is 12.9. The monoisotopic (exact) mass is 283 g/mol. The first-order valence-corrected chi connectivity index (χ1v) is 6.05. The number of aromatic hydroxyl groups is 1. The van der Waals surface area contributed by atoms with Crippen LogP contribution < -0.4 is 4.90 Å². The molecule has 21 heavy (non-hydrogen) atoms. The minimum atomic E-state index is -1.21. The molecule has 0 radical (unpaired) electrons. The van der Waals surface area contributed by atoms with E-state index in [1.54, 1.807) is 12.1 Å². The third kappa shape index (κ3) is 1.85. The van der Waals surface area contributed by atoms with Crippen LogP contribution in [0.1, 0.15) is 31.1 Å². The van der Waals surface area contributed by atoms with Crippen LogP contribution in [-0.2, 0) is 0 Å². The highest BCUT2D eigenvalue weighted by Crippen LogP contribution is 2.34. The van der Waals surface area contributed by atoms with E-state index >= 15 is 0 Å². The summed E-state index contributed by atoms with van der Waals surface area (Å²) in [4.78, 5) is 36.3. The van der Waals surface area contributed by atoms with E-state index in [4.69, 9.17) is 5.11 Å². The standard InChI is InChI=1S/C15H9NO5/c17-12-6-5-8(15(20)21)7-11(12)16-13(18)9-3-1-2-4-10(9)14(16)19/h1-7,17H,(H,20,21). The predicted molar refractivity (Wildman–Crippen MR) is 72.6 cm³/mol. The summed E-state index contributed by atoms with van der Waals surface area (Å²) in [6, 6.07) is 9.70. The number of anilines is 1. The number of carbonyl (C=O) groups excluding carboxylic acids is 2. The third-order valence-electron chi connectivity index (χ3n) is 3.26. The Balaban J connectivity index is 2.15. The summed E-state index contributed by atoms with van der Waals surface area (Å²) in [6.45, 7) is 0. The van der Waals surface area contributed by atoms with Crippen LogP contribution in [0.3, 0.4) is 0 Å². The lowest BCUT2D eigenvalue weighted by Gasteiger charge is -2.15. The summed E-state index contributed by atoms with van der Waals surface area (Å²) >= 11 is 0. The first-order valence-electron chi connectivity index (χ1n) is 6.05. The molecule has 2 N–H and O–H groups in total. The number of carbonyl (C=O) groups is 3. The van der Waals surface area contributed by atoms with Gasteiger partial charge in [0, 0.05) is 0 Å². The van der Waals surface area contributed by atoms with E-state index < -0.39 is 17.8 Å². The molecule has 0 spiro atoms. The lowest BCUT2D eigenvalue weighted by atomic mass is 10.1. The second-order valence-corrected chi connectivity index (χ2v) is 4.50. The van der Waals surface area contributed by atoms with E-state index in [2.05, 4.69) is 0 Å². The van der Waals surface area contributed by atoms with Crippen molar-refractivity contribution in [3.8, 4) is 5.75 Å². The normalized spacial score (nSPS) is 13.4. The molecular formula is C15H9NO5. The van der Waals surface area contributed by atoms with Gasteiger partial charge in [-0.05, 0) is 30.3 Å². The van der Waals surface area contributed by atoms with Gasteiger partial charge < -0.3 is 10.2 Å². The quantitative estimate of drug-likeness (QED) is 0.821. The van der Waals surface area contributed by atoms with Crippen molar-refractivity contribution in [1.29, 1.82) is 0 Å². The highest BCUT2D eigenvalue weighted by atomic mass is 16.4. The van der Waals surface area contributed by atoms with E-state index in [0.29, 0.717) is 0 Å². The molecule has 1 heterocycles. The molecule has 0 saturated carbocycles. The Morgan fingerprint density at radius 3 is 2.05 bits per heavy atom. The number of amides is 2. The van der Waals surface area contributed by atoms with Crippen LogP contribution in [0.15, 0.2) is 42.5 Å². The molecule has 2 aromatic carbocycles. The molecule has 0 atom stereocenters. The summed E-state index contributed by atoms with van der Waals surface area (Å²) in [5.41, 5.74) is 0.186. The van der Waals surface area contributed by atoms with Gasteiger partial charge in [0.1, 0.15) is 5.75 Å². The third-order valence-corrected chi connectivity index (χ3v) is 3.26. The van der Waals surface area contributed by atoms with Gasteiger partial charge in [0.2, 0.25) is 0 Å². The minimum Gasteiger partial charge on any atom is -0.506 e. The Bertz CT molecular complexity index is 761. The van der Waals surface area contributed by atoms with Crippen LogP contribution >= 0.6 is 0 Å². The van der Waals surface area contributed by atoms with Crippen molar-refractivity contribution in [1.82, 2.24) is 0 Å². The maximum atomic E-state index is 12.3. The Kier molecular flexibility index (Phi) is 2.72. The van der Waals surface area contributed by atoms with Crippen molar-refractivity contribution in [2.75, 3.05) is 4.90 Å². The molecule has 6 heteroatoms. The number of carboxylic acids is 1. The SMILES string of the molecule is O=C(O)c1ccc(O)c(N2C(=O)c3ccccc3C2=O)c1. The average Bonchev–Trinajstić information content (AvgIpc) is 2.72. The summed E-state index contributed by atoms with van der Waals surface area (Å²) in [7, 11) is 0. The number of benzene rings is 2. The van der Waals surface area contributed by atoms with Crippen LogP contribution in [0, 0.1) is 0 Å². The minimum absolute atomic E-state index is 0.126. The van der Waals surface area contributed by atoms with Crippen molar-refractivity contribution >= 4 is 23.5 Å². The summed E-state index contributed by atoms with van der Waals surface area (Å²) in [5.74, 6) is -2.73. The van der Waals surface area contributed by atoms with Crippen molar-refractivity contribution < 1.29 is 24.6 Å². The number of phenolic OH excluding ortho intramolecular Hbond substituents is 1. The number of nitrogens with zero attached hydrogens (tertiary/aromatic N) is 1. The zero-order valence-electron chi connectivity index (χ0n) is 10.6. The maximum absolute atomic E-state index is 12.3. The Labute approximate surface area is 118 Å². The number of carboxylic acid groups (broad SMARTS) is 1. The van der Waals surface area contributed by atoms with Gasteiger partial charge in [-0.2, -0.15) is 0 Å². The van der Waals surface area contributed by atoms with E-state index in [1.165, 1.54) is 18.2 Å². The number of phenols is 1. The van der Waals surface area contributed by atoms with Gasteiger partial charge in [0.05, 0.1) is 22.4 Å². The molecule has 0 unspecified atom stereocenters. The van der Waals surface area contributed by atoms with Gasteiger partial charge >= 0.3 is 5.97 Å².